The molecule has 3 nitrogen and oxygen atoms in total. The largest absolute Gasteiger partial charge is 0.307 e. The molecule has 0 bridgehead atoms. The van der Waals surface area contributed by atoms with Gasteiger partial charge in [-0.2, -0.15) is 0 Å². The molecule has 3 rings (SSSR count). The van der Waals surface area contributed by atoms with Crippen molar-refractivity contribution < 1.29 is 0 Å². The lowest BCUT2D eigenvalue weighted by atomic mass is 10.2. The molecule has 1 aliphatic carbocycles. The van der Waals surface area contributed by atoms with Crippen molar-refractivity contribution >= 4 is 0 Å². The quantitative estimate of drug-likeness (QED) is 0.900. The number of hydrogen-bond acceptors (Lipinski definition) is 3. The fraction of sp³-hybridized carbons (Fsp3) is 0.688. The van der Waals surface area contributed by atoms with E-state index >= 15 is 0 Å². The lowest BCUT2D eigenvalue weighted by Gasteiger charge is -2.21. The molecule has 1 N–H and O–H groups in total. The standard InChI is InChI=1S/C16H25N3/c1-2-4-12-19(11-3-1)13-10-17-15-8-7-14-6-5-9-18-16(14)15/h5-6,9,15,17H,1-4,7-8,10-13H2. The molecule has 104 valence electrons. The molecule has 3 heteroatoms. The van der Waals surface area contributed by atoms with Crippen LogP contribution in [0.4, 0.5) is 0 Å². The third-order valence-corrected chi connectivity index (χ3v) is 4.48. The van der Waals surface area contributed by atoms with Crippen LogP contribution < -0.4 is 5.32 Å². The lowest BCUT2D eigenvalue weighted by Crippen LogP contribution is -2.34. The second kappa shape index (κ2) is 6.49. The Morgan fingerprint density at radius 2 is 2.05 bits per heavy atom. The number of fused-ring (bicyclic) bond motifs is 1. The van der Waals surface area contributed by atoms with Gasteiger partial charge in [0.2, 0.25) is 0 Å². The van der Waals surface area contributed by atoms with Crippen LogP contribution in [0.3, 0.4) is 0 Å². The van der Waals surface area contributed by atoms with Gasteiger partial charge in [-0.1, -0.05) is 18.9 Å². The van der Waals surface area contributed by atoms with E-state index in [0.717, 1.165) is 6.54 Å². The predicted octanol–water partition coefficient (Wildman–Crippen LogP) is 2.53. The van der Waals surface area contributed by atoms with E-state index in [1.807, 2.05) is 6.20 Å². The van der Waals surface area contributed by atoms with Crippen molar-refractivity contribution in [2.24, 2.45) is 0 Å². The van der Waals surface area contributed by atoms with Crippen LogP contribution in [-0.2, 0) is 6.42 Å². The number of nitrogens with zero attached hydrogens (tertiary/aromatic N) is 2. The zero-order valence-electron chi connectivity index (χ0n) is 11.8. The van der Waals surface area contributed by atoms with Crippen LogP contribution in [0.25, 0.3) is 0 Å². The van der Waals surface area contributed by atoms with Gasteiger partial charge in [0.25, 0.3) is 0 Å². The summed E-state index contributed by atoms with van der Waals surface area (Å²) in [4.78, 5) is 7.16. The normalized spacial score (nSPS) is 24.1. The highest BCUT2D eigenvalue weighted by molar-refractivity contribution is 5.27. The zero-order valence-corrected chi connectivity index (χ0v) is 11.8. The van der Waals surface area contributed by atoms with Crippen molar-refractivity contribution in [3.63, 3.8) is 0 Å². The molecule has 1 unspecified atom stereocenters. The van der Waals surface area contributed by atoms with Gasteiger partial charge in [-0.3, -0.25) is 4.98 Å². The Morgan fingerprint density at radius 3 is 2.89 bits per heavy atom. The molecule has 2 heterocycles. The number of aromatic nitrogens is 1. The van der Waals surface area contributed by atoms with Crippen LogP contribution in [-0.4, -0.2) is 36.1 Å². The van der Waals surface area contributed by atoms with E-state index in [0.29, 0.717) is 6.04 Å². The Kier molecular flexibility index (Phi) is 4.46. The first-order chi connectivity index (χ1) is 9.43. The van der Waals surface area contributed by atoms with Gasteiger partial charge in [-0.25, -0.2) is 0 Å². The number of hydrogen-bond donors (Lipinski definition) is 1. The summed E-state index contributed by atoms with van der Waals surface area (Å²) in [5, 5.41) is 3.70. The van der Waals surface area contributed by atoms with E-state index in [9.17, 15) is 0 Å². The number of aryl methyl sites for hydroxylation is 1. The Hall–Kier alpha value is -0.930. The van der Waals surface area contributed by atoms with Gasteiger partial charge in [0, 0.05) is 19.3 Å². The van der Waals surface area contributed by atoms with E-state index in [1.165, 1.54) is 69.4 Å². The summed E-state index contributed by atoms with van der Waals surface area (Å²) in [5.41, 5.74) is 2.73. The number of pyridine rings is 1. The second-order valence-electron chi connectivity index (χ2n) is 5.85. The summed E-state index contributed by atoms with van der Waals surface area (Å²) >= 11 is 0. The summed E-state index contributed by atoms with van der Waals surface area (Å²) in [6, 6.07) is 4.76. The minimum absolute atomic E-state index is 0.489. The molecule has 1 aromatic heterocycles. The van der Waals surface area contributed by atoms with Crippen molar-refractivity contribution in [3.8, 4) is 0 Å². The summed E-state index contributed by atoms with van der Waals surface area (Å²) in [5.74, 6) is 0. The third-order valence-electron chi connectivity index (χ3n) is 4.48. The molecular formula is C16H25N3. The van der Waals surface area contributed by atoms with Crippen molar-refractivity contribution in [2.75, 3.05) is 26.2 Å². The lowest BCUT2D eigenvalue weighted by molar-refractivity contribution is 0.279. The molecule has 0 amide bonds. The zero-order chi connectivity index (χ0) is 12.9. The van der Waals surface area contributed by atoms with Gasteiger partial charge in [-0.05, 0) is 50.4 Å². The Morgan fingerprint density at radius 1 is 1.21 bits per heavy atom. The highest BCUT2D eigenvalue weighted by atomic mass is 15.1. The topological polar surface area (TPSA) is 28.2 Å². The van der Waals surface area contributed by atoms with Crippen LogP contribution in [0.5, 0.6) is 0 Å². The predicted molar refractivity (Wildman–Crippen MR) is 78.2 cm³/mol. The van der Waals surface area contributed by atoms with Gasteiger partial charge in [-0.15, -0.1) is 0 Å². The van der Waals surface area contributed by atoms with Gasteiger partial charge < -0.3 is 10.2 Å². The van der Waals surface area contributed by atoms with Crippen LogP contribution >= 0.6 is 0 Å². The van der Waals surface area contributed by atoms with E-state index in [4.69, 9.17) is 0 Å². The molecule has 1 aromatic rings. The van der Waals surface area contributed by atoms with Crippen molar-refractivity contribution in [3.05, 3.63) is 29.6 Å². The molecule has 0 aromatic carbocycles. The van der Waals surface area contributed by atoms with E-state index in [1.54, 1.807) is 0 Å². The SMILES string of the molecule is c1cnc2c(c1)CCC2NCCN1CCCCCC1. The molecule has 1 atom stereocenters. The van der Waals surface area contributed by atoms with Crippen LogP contribution in [0, 0.1) is 0 Å². The van der Waals surface area contributed by atoms with Crippen molar-refractivity contribution in [2.45, 2.75) is 44.6 Å². The first-order valence-electron chi connectivity index (χ1n) is 7.83. The maximum Gasteiger partial charge on any atom is 0.0605 e. The average molecular weight is 259 g/mol. The highest BCUT2D eigenvalue weighted by Gasteiger charge is 2.22. The fourth-order valence-corrected chi connectivity index (χ4v) is 3.37. The van der Waals surface area contributed by atoms with E-state index in [-0.39, 0.29) is 0 Å². The van der Waals surface area contributed by atoms with Gasteiger partial charge in [0.05, 0.1) is 11.7 Å². The highest BCUT2D eigenvalue weighted by Crippen LogP contribution is 2.28. The molecule has 1 saturated heterocycles. The Labute approximate surface area is 116 Å². The van der Waals surface area contributed by atoms with Crippen molar-refractivity contribution in [1.82, 2.24) is 15.2 Å². The maximum atomic E-state index is 4.55. The minimum Gasteiger partial charge on any atom is -0.307 e. The number of nitrogens with one attached hydrogen (secondary N) is 1. The molecular weight excluding hydrogens is 234 g/mol. The third kappa shape index (κ3) is 3.34. The molecule has 2 aliphatic rings. The Balaban J connectivity index is 1.45. The first-order valence-corrected chi connectivity index (χ1v) is 7.83. The van der Waals surface area contributed by atoms with E-state index < -0.39 is 0 Å². The van der Waals surface area contributed by atoms with Crippen LogP contribution in [0.1, 0.15) is 49.4 Å². The Bertz CT molecular complexity index is 397. The van der Waals surface area contributed by atoms with Crippen LogP contribution in [0.2, 0.25) is 0 Å². The van der Waals surface area contributed by atoms with Crippen LogP contribution in [0.15, 0.2) is 18.3 Å². The molecule has 1 fully saturated rings. The first kappa shape index (κ1) is 13.1. The summed E-state index contributed by atoms with van der Waals surface area (Å²) in [6.45, 7) is 4.88. The number of likely N-dealkylation sites (tertiary alicyclic amines) is 1. The van der Waals surface area contributed by atoms with Gasteiger partial charge in [0.15, 0.2) is 0 Å². The number of rotatable bonds is 4. The maximum absolute atomic E-state index is 4.55. The summed E-state index contributed by atoms with van der Waals surface area (Å²) in [7, 11) is 0. The summed E-state index contributed by atoms with van der Waals surface area (Å²) < 4.78 is 0. The fourth-order valence-electron chi connectivity index (χ4n) is 3.37. The smallest absolute Gasteiger partial charge is 0.0605 e. The minimum atomic E-state index is 0.489. The monoisotopic (exact) mass is 259 g/mol. The molecule has 0 spiro atoms. The second-order valence-corrected chi connectivity index (χ2v) is 5.85. The molecule has 0 radical (unpaired) electrons. The van der Waals surface area contributed by atoms with Gasteiger partial charge in [0.1, 0.15) is 0 Å². The molecule has 1 aliphatic heterocycles. The molecule has 19 heavy (non-hydrogen) atoms. The van der Waals surface area contributed by atoms with Gasteiger partial charge >= 0.3 is 0 Å². The van der Waals surface area contributed by atoms with E-state index in [2.05, 4.69) is 27.3 Å². The average Bonchev–Trinajstić information content (AvgIpc) is 2.68. The molecule has 0 saturated carbocycles. The van der Waals surface area contributed by atoms with Crippen molar-refractivity contribution in [1.29, 1.82) is 0 Å². The summed E-state index contributed by atoms with van der Waals surface area (Å²) in [6.07, 6.45) is 9.93.